The van der Waals surface area contributed by atoms with Crippen molar-refractivity contribution in [1.29, 1.82) is 0 Å². The lowest BCUT2D eigenvalue weighted by Gasteiger charge is -2.28. The number of ether oxygens (including phenoxy) is 3. The molecule has 2 amide bonds. The van der Waals surface area contributed by atoms with Crippen LogP contribution in [0.25, 0.3) is 0 Å². The molecule has 23 heavy (non-hydrogen) atoms. The van der Waals surface area contributed by atoms with Gasteiger partial charge in [-0.25, -0.2) is 4.79 Å². The lowest BCUT2D eigenvalue weighted by atomic mass is 10.1. The minimum Gasteiger partial charge on any atom is -0.388 e. The van der Waals surface area contributed by atoms with Gasteiger partial charge >= 0.3 is 6.03 Å². The minimum absolute atomic E-state index is 0.281. The maximum absolute atomic E-state index is 11.7. The van der Waals surface area contributed by atoms with E-state index >= 15 is 0 Å². The first-order valence-corrected chi connectivity index (χ1v) is 8.21. The molecule has 2 rings (SSSR count). The number of rotatable bonds is 8. The number of carbonyl (C=O) groups excluding carboxylic acids is 1. The lowest BCUT2D eigenvalue weighted by molar-refractivity contribution is 0.00469. The van der Waals surface area contributed by atoms with Gasteiger partial charge in [0.2, 0.25) is 0 Å². The topological polar surface area (TPSA) is 92.3 Å². The van der Waals surface area contributed by atoms with Gasteiger partial charge in [0.25, 0.3) is 0 Å². The summed E-state index contributed by atoms with van der Waals surface area (Å²) < 4.78 is 15.8. The Bertz CT molecular complexity index is 371. The highest BCUT2D eigenvalue weighted by atomic mass is 16.5. The van der Waals surface area contributed by atoms with E-state index in [0.717, 1.165) is 19.4 Å². The third-order valence-electron chi connectivity index (χ3n) is 4.46. The van der Waals surface area contributed by atoms with Gasteiger partial charge in [0.1, 0.15) is 6.10 Å². The molecule has 0 saturated carbocycles. The van der Waals surface area contributed by atoms with Crippen LogP contribution in [0.1, 0.15) is 12.8 Å². The number of carbonyl (C=O) groups is 1. The molecule has 0 aromatic heterocycles. The van der Waals surface area contributed by atoms with Gasteiger partial charge in [-0.1, -0.05) is 0 Å². The summed E-state index contributed by atoms with van der Waals surface area (Å²) in [7, 11) is 3.29. The fourth-order valence-corrected chi connectivity index (χ4v) is 3.21. The highest BCUT2D eigenvalue weighted by molar-refractivity contribution is 5.74. The molecule has 2 aliphatic rings. The van der Waals surface area contributed by atoms with Crippen molar-refractivity contribution in [2.75, 3.05) is 53.7 Å². The largest absolute Gasteiger partial charge is 0.388 e. The second kappa shape index (κ2) is 9.39. The van der Waals surface area contributed by atoms with Crippen LogP contribution < -0.4 is 10.6 Å². The number of hydrogen-bond donors (Lipinski definition) is 3. The van der Waals surface area contributed by atoms with E-state index in [9.17, 15) is 9.90 Å². The van der Waals surface area contributed by atoms with E-state index in [0.29, 0.717) is 39.0 Å². The van der Waals surface area contributed by atoms with Gasteiger partial charge in [0.15, 0.2) is 0 Å². The van der Waals surface area contributed by atoms with Crippen molar-refractivity contribution in [3.8, 4) is 0 Å². The van der Waals surface area contributed by atoms with Crippen LogP contribution in [-0.4, -0.2) is 94.0 Å². The Morgan fingerprint density at radius 1 is 1.39 bits per heavy atom. The Hall–Kier alpha value is -0.930. The molecule has 4 atom stereocenters. The van der Waals surface area contributed by atoms with E-state index in [1.165, 1.54) is 0 Å². The molecule has 2 aliphatic heterocycles. The number of nitrogens with zero attached hydrogens (tertiary/aromatic N) is 1. The summed E-state index contributed by atoms with van der Waals surface area (Å²) in [5, 5.41) is 15.8. The third kappa shape index (κ3) is 5.29. The van der Waals surface area contributed by atoms with Gasteiger partial charge in [0, 0.05) is 33.4 Å². The van der Waals surface area contributed by atoms with Crippen molar-refractivity contribution in [1.82, 2.24) is 15.5 Å². The second-order valence-electron chi connectivity index (χ2n) is 6.11. The zero-order chi connectivity index (χ0) is 16.7. The van der Waals surface area contributed by atoms with Crippen LogP contribution in [0.4, 0.5) is 4.79 Å². The number of nitrogens with one attached hydrogen (secondary N) is 2. The Kier molecular flexibility index (Phi) is 7.51. The fraction of sp³-hybridized carbons (Fsp3) is 0.933. The van der Waals surface area contributed by atoms with Crippen molar-refractivity contribution in [2.45, 2.75) is 37.1 Å². The standard InChI is InChI=1S/C15H29N3O5/c1-21-7-5-16-15(20)17-12-10-23-13(14(12)19)8-18-6-3-4-11(18)9-22-2/h11-14,19H,3-10H2,1-2H3,(H2,16,17,20)/t11-,12+,13+,14-/m1/s1. The SMILES string of the molecule is COCCNC(=O)N[C@H]1CO[C@@H](CN2CCC[C@@H]2COC)[C@@H]1O. The maximum atomic E-state index is 11.7. The number of amides is 2. The fourth-order valence-electron chi connectivity index (χ4n) is 3.21. The van der Waals surface area contributed by atoms with Gasteiger partial charge in [-0.05, 0) is 19.4 Å². The van der Waals surface area contributed by atoms with E-state index in [4.69, 9.17) is 14.2 Å². The van der Waals surface area contributed by atoms with E-state index in [2.05, 4.69) is 15.5 Å². The Morgan fingerprint density at radius 2 is 2.22 bits per heavy atom. The molecule has 0 radical (unpaired) electrons. The van der Waals surface area contributed by atoms with Crippen molar-refractivity contribution in [3.63, 3.8) is 0 Å². The molecule has 2 saturated heterocycles. The molecular formula is C15H29N3O5. The Balaban J connectivity index is 1.75. The zero-order valence-corrected chi connectivity index (χ0v) is 14.0. The molecule has 2 fully saturated rings. The van der Waals surface area contributed by atoms with Crippen LogP contribution in [0.15, 0.2) is 0 Å². The molecule has 0 spiro atoms. The summed E-state index contributed by atoms with van der Waals surface area (Å²) >= 11 is 0. The highest BCUT2D eigenvalue weighted by Gasteiger charge is 2.39. The van der Waals surface area contributed by atoms with Crippen molar-refractivity contribution in [3.05, 3.63) is 0 Å². The van der Waals surface area contributed by atoms with Crippen molar-refractivity contribution < 1.29 is 24.1 Å². The molecular weight excluding hydrogens is 302 g/mol. The predicted molar refractivity (Wildman–Crippen MR) is 84.4 cm³/mol. The van der Waals surface area contributed by atoms with Crippen LogP contribution in [0.5, 0.6) is 0 Å². The summed E-state index contributed by atoms with van der Waals surface area (Å²) in [5.41, 5.74) is 0. The normalized spacial score (nSPS) is 31.4. The van der Waals surface area contributed by atoms with Gasteiger partial charge in [-0.3, -0.25) is 4.90 Å². The summed E-state index contributed by atoms with van der Waals surface area (Å²) in [4.78, 5) is 14.0. The smallest absolute Gasteiger partial charge is 0.315 e. The number of hydrogen-bond acceptors (Lipinski definition) is 6. The number of methoxy groups -OCH3 is 2. The molecule has 8 heteroatoms. The molecule has 2 heterocycles. The first-order valence-electron chi connectivity index (χ1n) is 8.21. The number of urea groups is 1. The summed E-state index contributed by atoms with van der Waals surface area (Å²) in [6.45, 7) is 3.57. The maximum Gasteiger partial charge on any atom is 0.315 e. The second-order valence-corrected chi connectivity index (χ2v) is 6.11. The molecule has 8 nitrogen and oxygen atoms in total. The highest BCUT2D eigenvalue weighted by Crippen LogP contribution is 2.22. The molecule has 0 unspecified atom stereocenters. The lowest BCUT2D eigenvalue weighted by Crippen LogP contribution is -2.50. The van der Waals surface area contributed by atoms with Gasteiger partial charge in [-0.2, -0.15) is 0 Å². The van der Waals surface area contributed by atoms with Crippen LogP contribution in [0, 0.1) is 0 Å². The van der Waals surface area contributed by atoms with Crippen molar-refractivity contribution >= 4 is 6.03 Å². The Labute approximate surface area is 137 Å². The molecule has 0 aromatic carbocycles. The summed E-state index contributed by atoms with van der Waals surface area (Å²) in [6.07, 6.45) is 1.27. The zero-order valence-electron chi connectivity index (χ0n) is 14.0. The van der Waals surface area contributed by atoms with Gasteiger partial charge in [0.05, 0.1) is 32.0 Å². The van der Waals surface area contributed by atoms with Gasteiger partial charge < -0.3 is 30.0 Å². The van der Waals surface area contributed by atoms with Crippen molar-refractivity contribution in [2.24, 2.45) is 0 Å². The van der Waals surface area contributed by atoms with Crippen LogP contribution in [0.3, 0.4) is 0 Å². The molecule has 134 valence electrons. The van der Waals surface area contributed by atoms with Crippen LogP contribution in [-0.2, 0) is 14.2 Å². The average Bonchev–Trinajstić information content (AvgIpc) is 3.10. The molecule has 3 N–H and O–H groups in total. The van der Waals surface area contributed by atoms with E-state index in [1.54, 1.807) is 14.2 Å². The third-order valence-corrected chi connectivity index (χ3v) is 4.46. The van der Waals surface area contributed by atoms with E-state index in [1.807, 2.05) is 0 Å². The van der Waals surface area contributed by atoms with Gasteiger partial charge in [-0.15, -0.1) is 0 Å². The average molecular weight is 331 g/mol. The molecule has 0 aromatic rings. The Morgan fingerprint density at radius 3 is 2.96 bits per heavy atom. The first-order chi connectivity index (χ1) is 11.2. The van der Waals surface area contributed by atoms with E-state index in [-0.39, 0.29) is 18.2 Å². The predicted octanol–water partition coefficient (Wildman–Crippen LogP) is -0.829. The summed E-state index contributed by atoms with van der Waals surface area (Å²) in [5.74, 6) is 0. The van der Waals surface area contributed by atoms with Crippen LogP contribution >= 0.6 is 0 Å². The number of aliphatic hydroxyl groups excluding tert-OH is 1. The number of likely N-dealkylation sites (tertiary alicyclic amines) is 1. The van der Waals surface area contributed by atoms with E-state index < -0.39 is 6.10 Å². The quantitative estimate of drug-likeness (QED) is 0.503. The van der Waals surface area contributed by atoms with Crippen LogP contribution in [0.2, 0.25) is 0 Å². The molecule has 0 bridgehead atoms. The molecule has 0 aliphatic carbocycles. The number of aliphatic hydroxyl groups is 1. The monoisotopic (exact) mass is 331 g/mol. The minimum atomic E-state index is -0.702. The first kappa shape index (κ1) is 18.4. The summed E-state index contributed by atoms with van der Waals surface area (Å²) in [6, 6.07) is -0.306.